The van der Waals surface area contributed by atoms with Gasteiger partial charge in [0, 0.05) is 12.8 Å². The van der Waals surface area contributed by atoms with Crippen LogP contribution < -0.4 is 0 Å². The first kappa shape index (κ1) is 26.4. The maximum absolute atomic E-state index is 11.5. The zero-order valence-electron chi connectivity index (χ0n) is 19.1. The van der Waals surface area contributed by atoms with Gasteiger partial charge in [0.05, 0.1) is 6.61 Å². The number of aliphatic carboxylic acids is 1. The summed E-state index contributed by atoms with van der Waals surface area (Å²) in [5, 5.41) is 8.62. The second-order valence-corrected chi connectivity index (χ2v) is 8.54. The molecule has 1 atom stereocenters. The van der Waals surface area contributed by atoms with Gasteiger partial charge in [0.1, 0.15) is 12.7 Å². The Morgan fingerprint density at radius 2 is 1.30 bits per heavy atom. The van der Waals surface area contributed by atoms with Crippen molar-refractivity contribution in [1.29, 1.82) is 0 Å². The van der Waals surface area contributed by atoms with E-state index in [-0.39, 0.29) is 12.1 Å². The molecule has 5 heteroatoms. The smallest absolute Gasteiger partial charge is 0.305 e. The molecule has 0 aromatic carbocycles. The molecule has 0 aromatic rings. The van der Waals surface area contributed by atoms with Gasteiger partial charge in [0.25, 0.3) is 0 Å². The summed E-state index contributed by atoms with van der Waals surface area (Å²) >= 11 is 0. The van der Waals surface area contributed by atoms with E-state index in [0.29, 0.717) is 19.4 Å². The van der Waals surface area contributed by atoms with Gasteiger partial charge in [0.15, 0.2) is 0 Å². The van der Waals surface area contributed by atoms with E-state index < -0.39 is 5.97 Å². The van der Waals surface area contributed by atoms with Gasteiger partial charge < -0.3 is 14.6 Å². The van der Waals surface area contributed by atoms with Crippen LogP contribution in [0.25, 0.3) is 0 Å². The molecule has 0 spiro atoms. The van der Waals surface area contributed by atoms with Crippen LogP contribution in [0.1, 0.15) is 104 Å². The highest BCUT2D eigenvalue weighted by molar-refractivity contribution is 5.69. The normalized spacial score (nSPS) is 16.5. The second kappa shape index (κ2) is 17.1. The summed E-state index contributed by atoms with van der Waals surface area (Å²) in [4.78, 5) is 22.0. The third-order valence-electron chi connectivity index (χ3n) is 5.40. The third kappa shape index (κ3) is 17.3. The number of ether oxygens (including phenoxy) is 2. The van der Waals surface area contributed by atoms with Crippen LogP contribution in [0.3, 0.4) is 0 Å². The zero-order chi connectivity index (χ0) is 22.0. The van der Waals surface area contributed by atoms with Crippen molar-refractivity contribution in [3.05, 3.63) is 23.3 Å². The Balaban J connectivity index is 1.92. The summed E-state index contributed by atoms with van der Waals surface area (Å²) in [6, 6.07) is 0. The lowest BCUT2D eigenvalue weighted by Crippen LogP contribution is -2.09. The molecule has 1 N–H and O–H groups in total. The minimum Gasteiger partial charge on any atom is -0.481 e. The average molecular weight is 423 g/mol. The van der Waals surface area contributed by atoms with Crippen molar-refractivity contribution in [3.63, 3.8) is 0 Å². The Labute approximate surface area is 182 Å². The number of rotatable bonds is 19. The molecule has 0 bridgehead atoms. The van der Waals surface area contributed by atoms with Crippen LogP contribution in [0.4, 0.5) is 0 Å². The highest BCUT2D eigenvalue weighted by Gasteiger charge is 2.23. The first-order valence-corrected chi connectivity index (χ1v) is 11.8. The van der Waals surface area contributed by atoms with Gasteiger partial charge in [-0.1, -0.05) is 49.0 Å². The molecule has 5 nitrogen and oxygen atoms in total. The lowest BCUT2D eigenvalue weighted by molar-refractivity contribution is -0.144. The molecule has 1 rings (SSSR count). The highest BCUT2D eigenvalue weighted by Crippen LogP contribution is 2.15. The van der Waals surface area contributed by atoms with Crippen LogP contribution in [0.15, 0.2) is 23.3 Å². The van der Waals surface area contributed by atoms with E-state index in [0.717, 1.165) is 77.2 Å². The first-order chi connectivity index (χ1) is 14.5. The number of allylic oxidation sites excluding steroid dienone is 4. The molecule has 1 heterocycles. The SMILES string of the molecule is CC(=CCCC=C(C)CCCCCCC(=O)OC[C@@H]1CO1)CCCCCCC(=O)O. The summed E-state index contributed by atoms with van der Waals surface area (Å²) in [5.41, 5.74) is 2.91. The molecule has 0 aliphatic carbocycles. The number of carboxylic acid groups (broad SMARTS) is 1. The molecular weight excluding hydrogens is 380 g/mol. The van der Waals surface area contributed by atoms with Gasteiger partial charge in [-0.15, -0.1) is 0 Å². The largest absolute Gasteiger partial charge is 0.481 e. The van der Waals surface area contributed by atoms with Crippen LogP contribution in [-0.4, -0.2) is 36.4 Å². The number of carbonyl (C=O) groups is 2. The second-order valence-electron chi connectivity index (χ2n) is 8.54. The summed E-state index contributed by atoms with van der Waals surface area (Å²) in [7, 11) is 0. The predicted octanol–water partition coefficient (Wildman–Crippen LogP) is 6.37. The molecule has 1 aliphatic heterocycles. The Morgan fingerprint density at radius 3 is 1.77 bits per heavy atom. The van der Waals surface area contributed by atoms with Gasteiger partial charge in [-0.05, 0) is 65.2 Å². The molecule has 0 radical (unpaired) electrons. The van der Waals surface area contributed by atoms with Gasteiger partial charge in [-0.2, -0.15) is 0 Å². The molecule has 1 saturated heterocycles. The number of unbranched alkanes of at least 4 members (excludes halogenated alkanes) is 7. The van der Waals surface area contributed by atoms with Crippen LogP contribution in [0.2, 0.25) is 0 Å². The summed E-state index contributed by atoms with van der Waals surface area (Å²) < 4.78 is 10.1. The highest BCUT2D eigenvalue weighted by atomic mass is 16.6. The van der Waals surface area contributed by atoms with Gasteiger partial charge in [0.2, 0.25) is 0 Å². The fraction of sp³-hybridized carbons (Fsp3) is 0.760. The number of hydrogen-bond acceptors (Lipinski definition) is 4. The number of carboxylic acids is 1. The van der Waals surface area contributed by atoms with Gasteiger partial charge in [-0.25, -0.2) is 0 Å². The Hall–Kier alpha value is -1.62. The third-order valence-corrected chi connectivity index (χ3v) is 5.40. The topological polar surface area (TPSA) is 76.1 Å². The minimum atomic E-state index is -0.688. The number of carbonyl (C=O) groups excluding carboxylic acids is 1. The summed E-state index contributed by atoms with van der Waals surface area (Å²) in [5.74, 6) is -0.783. The van der Waals surface area contributed by atoms with Crippen molar-refractivity contribution in [2.45, 2.75) is 110 Å². The van der Waals surface area contributed by atoms with E-state index >= 15 is 0 Å². The fourth-order valence-electron chi connectivity index (χ4n) is 3.35. The quantitative estimate of drug-likeness (QED) is 0.113. The van der Waals surface area contributed by atoms with Crippen molar-refractivity contribution in [1.82, 2.24) is 0 Å². The molecule has 0 unspecified atom stereocenters. The molecule has 0 amide bonds. The van der Waals surface area contributed by atoms with Crippen molar-refractivity contribution >= 4 is 11.9 Å². The van der Waals surface area contributed by atoms with Crippen LogP contribution >= 0.6 is 0 Å². The number of epoxide rings is 1. The lowest BCUT2D eigenvalue weighted by Gasteiger charge is -2.04. The van der Waals surface area contributed by atoms with Crippen LogP contribution in [-0.2, 0) is 19.1 Å². The Morgan fingerprint density at radius 1 is 0.833 bits per heavy atom. The molecule has 0 saturated carbocycles. The average Bonchev–Trinajstić information content (AvgIpc) is 3.53. The maximum Gasteiger partial charge on any atom is 0.305 e. The number of hydrogen-bond donors (Lipinski definition) is 1. The van der Waals surface area contributed by atoms with Crippen molar-refractivity contribution < 1.29 is 24.2 Å². The molecule has 1 aliphatic rings. The fourth-order valence-corrected chi connectivity index (χ4v) is 3.35. The van der Waals surface area contributed by atoms with Crippen LogP contribution in [0, 0.1) is 0 Å². The van der Waals surface area contributed by atoms with E-state index in [1.165, 1.54) is 17.6 Å². The molecule has 30 heavy (non-hydrogen) atoms. The van der Waals surface area contributed by atoms with Crippen molar-refractivity contribution in [2.75, 3.05) is 13.2 Å². The Bertz CT molecular complexity index is 546. The zero-order valence-corrected chi connectivity index (χ0v) is 19.1. The van der Waals surface area contributed by atoms with Crippen molar-refractivity contribution in [3.8, 4) is 0 Å². The molecule has 172 valence electrons. The summed E-state index contributed by atoms with van der Waals surface area (Å²) in [6.07, 6.45) is 18.6. The van der Waals surface area contributed by atoms with E-state index in [1.54, 1.807) is 0 Å². The lowest BCUT2D eigenvalue weighted by atomic mass is 10.0. The van der Waals surface area contributed by atoms with Crippen molar-refractivity contribution in [2.24, 2.45) is 0 Å². The Kier molecular flexibility index (Phi) is 15.1. The molecular formula is C25H42O5. The monoisotopic (exact) mass is 422 g/mol. The maximum atomic E-state index is 11.5. The van der Waals surface area contributed by atoms with Gasteiger partial charge >= 0.3 is 11.9 Å². The molecule has 1 fully saturated rings. The minimum absolute atomic E-state index is 0.0943. The van der Waals surface area contributed by atoms with E-state index in [9.17, 15) is 9.59 Å². The molecule has 0 aromatic heterocycles. The predicted molar refractivity (Wildman–Crippen MR) is 120 cm³/mol. The van der Waals surface area contributed by atoms with Gasteiger partial charge in [-0.3, -0.25) is 9.59 Å². The number of esters is 1. The first-order valence-electron chi connectivity index (χ1n) is 11.8. The van der Waals surface area contributed by atoms with E-state index in [2.05, 4.69) is 26.0 Å². The summed E-state index contributed by atoms with van der Waals surface area (Å²) in [6.45, 7) is 5.56. The van der Waals surface area contributed by atoms with E-state index in [4.69, 9.17) is 14.6 Å². The van der Waals surface area contributed by atoms with E-state index in [1.807, 2.05) is 0 Å². The standard InChI is InChI=1S/C25H42O5/c1-21(13-7-3-5-9-17-24(26)27)15-11-12-16-22(2)14-8-4-6-10-18-25(28)30-20-23-19-29-23/h15-16,23H,3-14,17-20H2,1-2H3,(H,26,27)/t23-/m0/s1. The van der Waals surface area contributed by atoms with Crippen LogP contribution in [0.5, 0.6) is 0 Å².